The standard InChI is InChI=1S/C27H23FN2O/c28-23-15-8-7-14-22(23)26-24-16-9-17-29(24)18-19-30(26)27(31)25(20-10-3-1-4-11-20)21-12-5-2-6-13-21/h1-17,25-26H,18-19H2. The first-order valence-corrected chi connectivity index (χ1v) is 10.5. The van der Waals surface area contributed by atoms with E-state index in [0.29, 0.717) is 18.7 Å². The van der Waals surface area contributed by atoms with Crippen LogP contribution in [0, 0.1) is 5.82 Å². The second-order valence-electron chi connectivity index (χ2n) is 7.84. The van der Waals surface area contributed by atoms with Gasteiger partial charge < -0.3 is 9.47 Å². The van der Waals surface area contributed by atoms with E-state index in [0.717, 1.165) is 16.8 Å². The van der Waals surface area contributed by atoms with Crippen molar-refractivity contribution in [3.63, 3.8) is 0 Å². The third-order valence-corrected chi connectivity index (χ3v) is 6.03. The number of fused-ring (bicyclic) bond motifs is 1. The molecule has 0 saturated carbocycles. The van der Waals surface area contributed by atoms with E-state index in [9.17, 15) is 9.18 Å². The Hall–Kier alpha value is -3.66. The highest BCUT2D eigenvalue weighted by Gasteiger charge is 2.37. The van der Waals surface area contributed by atoms with Gasteiger partial charge in [0.2, 0.25) is 5.91 Å². The minimum absolute atomic E-state index is 0.0156. The third-order valence-electron chi connectivity index (χ3n) is 6.03. The summed E-state index contributed by atoms with van der Waals surface area (Å²) >= 11 is 0. The molecule has 1 atom stereocenters. The number of hydrogen-bond donors (Lipinski definition) is 0. The number of halogens is 1. The number of amides is 1. The molecule has 0 N–H and O–H groups in total. The number of rotatable bonds is 4. The van der Waals surface area contributed by atoms with Crippen LogP contribution in [0.1, 0.15) is 34.3 Å². The molecule has 31 heavy (non-hydrogen) atoms. The highest BCUT2D eigenvalue weighted by molar-refractivity contribution is 5.88. The van der Waals surface area contributed by atoms with Crippen LogP contribution in [0.2, 0.25) is 0 Å². The molecule has 1 unspecified atom stereocenters. The van der Waals surface area contributed by atoms with Gasteiger partial charge >= 0.3 is 0 Å². The zero-order valence-electron chi connectivity index (χ0n) is 17.1. The van der Waals surface area contributed by atoms with Gasteiger partial charge in [-0.05, 0) is 29.3 Å². The summed E-state index contributed by atoms with van der Waals surface area (Å²) in [6.45, 7) is 1.21. The van der Waals surface area contributed by atoms with Crippen molar-refractivity contribution < 1.29 is 9.18 Å². The van der Waals surface area contributed by atoms with Crippen LogP contribution < -0.4 is 0 Å². The van der Waals surface area contributed by atoms with E-state index in [4.69, 9.17) is 0 Å². The summed E-state index contributed by atoms with van der Waals surface area (Å²) in [5.74, 6) is -0.757. The molecule has 0 aliphatic carbocycles. The van der Waals surface area contributed by atoms with Crippen LogP contribution in [0.4, 0.5) is 4.39 Å². The second kappa shape index (κ2) is 8.23. The fourth-order valence-electron chi connectivity index (χ4n) is 4.58. The smallest absolute Gasteiger partial charge is 0.235 e. The van der Waals surface area contributed by atoms with Crippen LogP contribution in [-0.2, 0) is 11.3 Å². The summed E-state index contributed by atoms with van der Waals surface area (Å²) in [5, 5.41) is 0. The molecule has 0 radical (unpaired) electrons. The summed E-state index contributed by atoms with van der Waals surface area (Å²) in [4.78, 5) is 16.0. The zero-order valence-corrected chi connectivity index (χ0v) is 17.1. The van der Waals surface area contributed by atoms with Gasteiger partial charge in [0.05, 0.1) is 5.92 Å². The molecule has 1 aromatic heterocycles. The Morgan fingerprint density at radius 3 is 2.03 bits per heavy atom. The van der Waals surface area contributed by atoms with E-state index >= 15 is 0 Å². The Kier molecular flexibility index (Phi) is 5.13. The minimum Gasteiger partial charge on any atom is -0.348 e. The van der Waals surface area contributed by atoms with Gasteiger partial charge in [0.1, 0.15) is 11.9 Å². The fraction of sp³-hybridized carbons (Fsp3) is 0.148. The van der Waals surface area contributed by atoms with Gasteiger partial charge in [0.25, 0.3) is 0 Å². The highest BCUT2D eigenvalue weighted by atomic mass is 19.1. The van der Waals surface area contributed by atoms with Crippen molar-refractivity contribution in [2.75, 3.05) is 6.54 Å². The lowest BCUT2D eigenvalue weighted by atomic mass is 9.88. The Bertz CT molecular complexity index is 1150. The van der Waals surface area contributed by atoms with Crippen molar-refractivity contribution in [1.82, 2.24) is 9.47 Å². The lowest BCUT2D eigenvalue weighted by Gasteiger charge is -2.39. The Morgan fingerprint density at radius 1 is 0.774 bits per heavy atom. The molecule has 3 aromatic carbocycles. The lowest BCUT2D eigenvalue weighted by molar-refractivity contribution is -0.134. The number of carbonyl (C=O) groups excluding carboxylic acids is 1. The predicted octanol–water partition coefficient (Wildman–Crippen LogP) is 5.39. The minimum atomic E-state index is -0.465. The quantitative estimate of drug-likeness (QED) is 0.443. The normalized spacial score (nSPS) is 15.7. The van der Waals surface area contributed by atoms with Crippen LogP contribution >= 0.6 is 0 Å². The summed E-state index contributed by atoms with van der Waals surface area (Å²) in [7, 11) is 0. The molecular weight excluding hydrogens is 387 g/mol. The Labute approximate surface area is 181 Å². The van der Waals surface area contributed by atoms with Crippen molar-refractivity contribution in [3.05, 3.63) is 131 Å². The van der Waals surface area contributed by atoms with Crippen LogP contribution in [0.5, 0.6) is 0 Å². The maximum absolute atomic E-state index is 14.9. The zero-order chi connectivity index (χ0) is 21.2. The number of nitrogens with zero attached hydrogens (tertiary/aromatic N) is 2. The second-order valence-corrected chi connectivity index (χ2v) is 7.84. The van der Waals surface area contributed by atoms with Gasteiger partial charge in [0.15, 0.2) is 0 Å². The predicted molar refractivity (Wildman–Crippen MR) is 119 cm³/mol. The number of aromatic nitrogens is 1. The molecule has 0 saturated heterocycles. The number of benzene rings is 3. The molecule has 0 spiro atoms. The van der Waals surface area contributed by atoms with E-state index in [1.165, 1.54) is 6.07 Å². The van der Waals surface area contributed by atoms with E-state index in [2.05, 4.69) is 4.57 Å². The average Bonchev–Trinajstić information content (AvgIpc) is 3.29. The highest BCUT2D eigenvalue weighted by Crippen LogP contribution is 2.37. The van der Waals surface area contributed by atoms with Gasteiger partial charge in [-0.3, -0.25) is 4.79 Å². The third kappa shape index (κ3) is 3.55. The summed E-state index contributed by atoms with van der Waals surface area (Å²) in [5.41, 5.74) is 3.33. The topological polar surface area (TPSA) is 25.2 Å². The molecule has 4 aromatic rings. The van der Waals surface area contributed by atoms with E-state index in [-0.39, 0.29) is 11.7 Å². The summed E-state index contributed by atoms with van der Waals surface area (Å²) in [6.07, 6.45) is 2.00. The van der Waals surface area contributed by atoms with Gasteiger partial charge in [-0.15, -0.1) is 0 Å². The van der Waals surface area contributed by atoms with Crippen molar-refractivity contribution in [2.24, 2.45) is 0 Å². The molecule has 1 aliphatic heterocycles. The lowest BCUT2D eigenvalue weighted by Crippen LogP contribution is -2.45. The van der Waals surface area contributed by atoms with Gasteiger partial charge in [-0.2, -0.15) is 0 Å². The van der Waals surface area contributed by atoms with Crippen molar-refractivity contribution >= 4 is 5.91 Å². The number of carbonyl (C=O) groups is 1. The molecule has 0 bridgehead atoms. The van der Waals surface area contributed by atoms with E-state index < -0.39 is 12.0 Å². The maximum Gasteiger partial charge on any atom is 0.235 e. The molecule has 154 valence electrons. The van der Waals surface area contributed by atoms with E-state index in [1.54, 1.807) is 12.1 Å². The first-order valence-electron chi connectivity index (χ1n) is 10.5. The van der Waals surface area contributed by atoms with E-state index in [1.807, 2.05) is 90.0 Å². The summed E-state index contributed by atoms with van der Waals surface area (Å²) in [6, 6.07) is 29.9. The van der Waals surface area contributed by atoms with Crippen LogP contribution in [0.25, 0.3) is 0 Å². The fourth-order valence-corrected chi connectivity index (χ4v) is 4.58. The monoisotopic (exact) mass is 410 g/mol. The van der Waals surface area contributed by atoms with Crippen molar-refractivity contribution in [2.45, 2.75) is 18.5 Å². The van der Waals surface area contributed by atoms with Crippen LogP contribution in [-0.4, -0.2) is 21.9 Å². The van der Waals surface area contributed by atoms with Crippen LogP contribution in [0.15, 0.2) is 103 Å². The maximum atomic E-state index is 14.9. The molecule has 0 fully saturated rings. The van der Waals surface area contributed by atoms with Crippen molar-refractivity contribution in [1.29, 1.82) is 0 Å². The molecular formula is C27H23FN2O. The SMILES string of the molecule is O=C(C(c1ccccc1)c1ccccc1)N1CCn2cccc2C1c1ccccc1F. The largest absolute Gasteiger partial charge is 0.348 e. The Balaban J connectivity index is 1.63. The first kappa shape index (κ1) is 19.3. The van der Waals surface area contributed by atoms with Gasteiger partial charge in [0, 0.05) is 30.5 Å². The molecule has 3 nitrogen and oxygen atoms in total. The Morgan fingerprint density at radius 2 is 1.39 bits per heavy atom. The van der Waals surface area contributed by atoms with Crippen molar-refractivity contribution in [3.8, 4) is 0 Å². The van der Waals surface area contributed by atoms with Gasteiger partial charge in [-0.25, -0.2) is 4.39 Å². The van der Waals surface area contributed by atoms with Gasteiger partial charge in [-0.1, -0.05) is 78.9 Å². The first-order chi connectivity index (χ1) is 15.2. The molecule has 1 amide bonds. The molecule has 4 heteroatoms. The van der Waals surface area contributed by atoms with Crippen LogP contribution in [0.3, 0.4) is 0 Å². The average molecular weight is 410 g/mol. The molecule has 5 rings (SSSR count). The number of hydrogen-bond acceptors (Lipinski definition) is 1. The molecule has 1 aliphatic rings. The summed E-state index contributed by atoms with van der Waals surface area (Å²) < 4.78 is 17.0. The molecule has 2 heterocycles.